The van der Waals surface area contributed by atoms with Crippen molar-refractivity contribution in [3.63, 3.8) is 0 Å². The lowest BCUT2D eigenvalue weighted by Gasteiger charge is -2.07. The molecular weight excluding hydrogens is 337 g/mol. The van der Waals surface area contributed by atoms with Crippen LogP contribution in [0.5, 0.6) is 0 Å². The highest BCUT2D eigenvalue weighted by Crippen LogP contribution is 2.19. The number of halogens is 2. The average Bonchev–Trinajstić information content (AvgIpc) is 2.36. The van der Waals surface area contributed by atoms with Gasteiger partial charge >= 0.3 is 0 Å². The lowest BCUT2D eigenvalue weighted by atomic mass is 10.3. The van der Waals surface area contributed by atoms with Gasteiger partial charge in [-0.3, -0.25) is 0 Å². The van der Waals surface area contributed by atoms with E-state index in [2.05, 4.69) is 27.2 Å². The van der Waals surface area contributed by atoms with Gasteiger partial charge in [-0.25, -0.2) is 17.5 Å². The molecule has 1 rings (SSSR count). The first-order valence-electron chi connectivity index (χ1n) is 5.60. The van der Waals surface area contributed by atoms with E-state index in [1.54, 1.807) is 6.08 Å². The number of hydrogen-bond acceptors (Lipinski definition) is 3. The normalized spacial score (nSPS) is 11.5. The molecule has 0 radical (unpaired) electrons. The van der Waals surface area contributed by atoms with E-state index in [1.807, 2.05) is 0 Å². The van der Waals surface area contributed by atoms with Crippen molar-refractivity contribution in [2.45, 2.75) is 11.3 Å². The van der Waals surface area contributed by atoms with Crippen LogP contribution < -0.4 is 4.72 Å². The van der Waals surface area contributed by atoms with Gasteiger partial charge < -0.3 is 4.74 Å². The summed E-state index contributed by atoms with van der Waals surface area (Å²) >= 11 is 2.97. The Morgan fingerprint density at radius 1 is 1.42 bits per heavy atom. The minimum absolute atomic E-state index is 0.112. The van der Waals surface area contributed by atoms with Crippen LogP contribution in [0.25, 0.3) is 0 Å². The summed E-state index contributed by atoms with van der Waals surface area (Å²) in [6, 6.07) is 3.64. The highest BCUT2D eigenvalue weighted by molar-refractivity contribution is 9.10. The molecule has 0 heterocycles. The van der Waals surface area contributed by atoms with E-state index in [-0.39, 0.29) is 22.5 Å². The predicted molar refractivity (Wildman–Crippen MR) is 74.9 cm³/mol. The number of hydrogen-bond donors (Lipinski definition) is 1. The van der Waals surface area contributed by atoms with Crippen LogP contribution >= 0.6 is 15.9 Å². The monoisotopic (exact) mass is 351 g/mol. The minimum Gasteiger partial charge on any atom is -0.380 e. The molecule has 7 heteroatoms. The third-order valence-electron chi connectivity index (χ3n) is 2.21. The lowest BCUT2D eigenvalue weighted by molar-refractivity contribution is 0.144. The molecule has 0 amide bonds. The Morgan fingerprint density at radius 3 is 2.79 bits per heavy atom. The Kier molecular flexibility index (Phi) is 6.64. The van der Waals surface area contributed by atoms with Crippen LogP contribution in [0.3, 0.4) is 0 Å². The van der Waals surface area contributed by atoms with Crippen LogP contribution in [0.15, 0.2) is 40.2 Å². The molecule has 19 heavy (non-hydrogen) atoms. The van der Waals surface area contributed by atoms with Crippen molar-refractivity contribution in [2.75, 3.05) is 19.8 Å². The van der Waals surface area contributed by atoms with E-state index in [0.29, 0.717) is 13.0 Å². The van der Waals surface area contributed by atoms with Crippen LogP contribution in [0.4, 0.5) is 4.39 Å². The van der Waals surface area contributed by atoms with Crippen molar-refractivity contribution >= 4 is 26.0 Å². The fourth-order valence-corrected chi connectivity index (χ4v) is 2.52. The zero-order valence-corrected chi connectivity index (χ0v) is 12.6. The third kappa shape index (κ3) is 5.40. The summed E-state index contributed by atoms with van der Waals surface area (Å²) < 4.78 is 44.6. The van der Waals surface area contributed by atoms with E-state index in [9.17, 15) is 12.8 Å². The largest absolute Gasteiger partial charge is 0.380 e. The maximum atomic E-state index is 13.3. The van der Waals surface area contributed by atoms with Crippen LogP contribution in [0.1, 0.15) is 6.42 Å². The number of nitrogens with one attached hydrogen (secondary N) is 1. The zero-order valence-electron chi connectivity index (χ0n) is 10.2. The second-order valence-electron chi connectivity index (χ2n) is 3.66. The van der Waals surface area contributed by atoms with Gasteiger partial charge in [0.25, 0.3) is 0 Å². The Bertz CT molecular complexity index is 534. The molecule has 0 saturated carbocycles. The first kappa shape index (κ1) is 16.3. The fraction of sp³-hybridized carbons (Fsp3) is 0.333. The van der Waals surface area contributed by atoms with E-state index >= 15 is 0 Å². The van der Waals surface area contributed by atoms with E-state index < -0.39 is 15.8 Å². The van der Waals surface area contributed by atoms with Crippen molar-refractivity contribution in [1.29, 1.82) is 0 Å². The fourth-order valence-electron chi connectivity index (χ4n) is 1.24. The molecule has 0 spiro atoms. The van der Waals surface area contributed by atoms with Crippen molar-refractivity contribution in [3.8, 4) is 0 Å². The molecule has 0 aliphatic carbocycles. The number of benzene rings is 1. The van der Waals surface area contributed by atoms with Crippen LogP contribution in [-0.2, 0) is 14.8 Å². The Hall–Kier alpha value is -0.760. The topological polar surface area (TPSA) is 55.4 Å². The van der Waals surface area contributed by atoms with Crippen LogP contribution in [-0.4, -0.2) is 28.2 Å². The summed E-state index contributed by atoms with van der Waals surface area (Å²) in [5.41, 5.74) is 0. The van der Waals surface area contributed by atoms with Gasteiger partial charge in [0.05, 0.1) is 22.6 Å². The SMILES string of the molecule is C=CCCOCCNS(=O)(=O)c1ccc(Br)c(F)c1. The van der Waals surface area contributed by atoms with Gasteiger partial charge in [0.15, 0.2) is 0 Å². The Labute approximate surface area is 120 Å². The Morgan fingerprint density at radius 2 is 2.16 bits per heavy atom. The van der Waals surface area contributed by atoms with E-state index in [4.69, 9.17) is 4.74 Å². The van der Waals surface area contributed by atoms with Crippen LogP contribution in [0.2, 0.25) is 0 Å². The molecular formula is C12H15BrFNO3S. The van der Waals surface area contributed by atoms with E-state index in [1.165, 1.54) is 12.1 Å². The summed E-state index contributed by atoms with van der Waals surface area (Å²) in [7, 11) is -3.70. The Balaban J connectivity index is 2.51. The summed E-state index contributed by atoms with van der Waals surface area (Å²) in [6.45, 7) is 4.43. The number of ether oxygens (including phenoxy) is 1. The first-order valence-corrected chi connectivity index (χ1v) is 7.88. The molecule has 1 aromatic rings. The maximum absolute atomic E-state index is 13.3. The van der Waals surface area contributed by atoms with Crippen molar-refractivity contribution in [3.05, 3.63) is 41.1 Å². The van der Waals surface area contributed by atoms with Crippen molar-refractivity contribution in [1.82, 2.24) is 4.72 Å². The van der Waals surface area contributed by atoms with Crippen molar-refractivity contribution in [2.24, 2.45) is 0 Å². The van der Waals surface area contributed by atoms with Gasteiger partial charge in [-0.15, -0.1) is 6.58 Å². The van der Waals surface area contributed by atoms with Gasteiger partial charge in [0.1, 0.15) is 5.82 Å². The summed E-state index contributed by atoms with van der Waals surface area (Å²) in [5.74, 6) is -0.620. The molecule has 0 atom stereocenters. The number of rotatable bonds is 8. The summed E-state index contributed by atoms with van der Waals surface area (Å²) in [6.07, 6.45) is 2.43. The molecule has 1 N–H and O–H groups in total. The molecule has 1 aromatic carbocycles. The standard InChI is InChI=1S/C12H15BrFNO3S/c1-2-3-7-18-8-6-15-19(16,17)10-4-5-11(13)12(14)9-10/h2,4-5,9,15H,1,3,6-8H2. The summed E-state index contributed by atoms with van der Waals surface area (Å²) in [5, 5.41) is 0. The quantitative estimate of drug-likeness (QED) is 0.578. The van der Waals surface area contributed by atoms with Gasteiger partial charge in [-0.2, -0.15) is 0 Å². The molecule has 0 aromatic heterocycles. The van der Waals surface area contributed by atoms with Gasteiger partial charge in [0, 0.05) is 6.54 Å². The smallest absolute Gasteiger partial charge is 0.240 e. The molecule has 0 bridgehead atoms. The highest BCUT2D eigenvalue weighted by atomic mass is 79.9. The van der Waals surface area contributed by atoms with Gasteiger partial charge in [-0.1, -0.05) is 6.08 Å². The predicted octanol–water partition coefficient (Wildman–Crippen LogP) is 2.46. The molecule has 0 fully saturated rings. The van der Waals surface area contributed by atoms with Gasteiger partial charge in [-0.05, 0) is 40.5 Å². The average molecular weight is 352 g/mol. The maximum Gasteiger partial charge on any atom is 0.240 e. The lowest BCUT2D eigenvalue weighted by Crippen LogP contribution is -2.27. The highest BCUT2D eigenvalue weighted by Gasteiger charge is 2.15. The number of sulfonamides is 1. The summed E-state index contributed by atoms with van der Waals surface area (Å²) in [4.78, 5) is -0.112. The first-order chi connectivity index (χ1) is 8.97. The third-order valence-corrected chi connectivity index (χ3v) is 4.31. The van der Waals surface area contributed by atoms with Crippen molar-refractivity contribution < 1.29 is 17.5 Å². The second-order valence-corrected chi connectivity index (χ2v) is 6.28. The molecule has 106 valence electrons. The molecule has 0 unspecified atom stereocenters. The molecule has 0 aliphatic heterocycles. The second kappa shape index (κ2) is 7.74. The zero-order chi connectivity index (χ0) is 14.3. The van der Waals surface area contributed by atoms with E-state index in [0.717, 1.165) is 6.07 Å². The molecule has 0 saturated heterocycles. The molecule has 0 aliphatic rings. The molecule has 4 nitrogen and oxygen atoms in total. The minimum atomic E-state index is -3.70. The van der Waals surface area contributed by atoms with Gasteiger partial charge in [0.2, 0.25) is 10.0 Å². The van der Waals surface area contributed by atoms with Crippen LogP contribution in [0, 0.1) is 5.82 Å².